The second kappa shape index (κ2) is 4.88. The van der Waals surface area contributed by atoms with E-state index in [4.69, 9.17) is 11.6 Å². The van der Waals surface area contributed by atoms with Gasteiger partial charge in [-0.05, 0) is 42.4 Å². The van der Waals surface area contributed by atoms with Crippen molar-refractivity contribution in [2.24, 2.45) is 5.41 Å². The van der Waals surface area contributed by atoms with E-state index < -0.39 is 0 Å². The normalized spacial score (nSPS) is 19.3. The molecule has 1 aliphatic rings. The molecule has 0 aliphatic heterocycles. The van der Waals surface area contributed by atoms with Gasteiger partial charge < -0.3 is 0 Å². The zero-order chi connectivity index (χ0) is 10.7. The van der Waals surface area contributed by atoms with Gasteiger partial charge in [0.1, 0.15) is 0 Å². The summed E-state index contributed by atoms with van der Waals surface area (Å²) in [5.41, 5.74) is 1.80. The number of hydrogen-bond acceptors (Lipinski definition) is 0. The van der Waals surface area contributed by atoms with Crippen LogP contribution in [0.5, 0.6) is 0 Å². The highest BCUT2D eigenvalue weighted by Gasteiger charge is 2.32. The van der Waals surface area contributed by atoms with Crippen LogP contribution in [0.3, 0.4) is 0 Å². The molecule has 1 aromatic carbocycles. The van der Waals surface area contributed by atoms with Crippen molar-refractivity contribution < 1.29 is 0 Å². The van der Waals surface area contributed by atoms with Gasteiger partial charge in [-0.2, -0.15) is 0 Å². The lowest BCUT2D eigenvalue weighted by Crippen LogP contribution is -2.21. The Hall–Kier alpha value is -0.0100. The monoisotopic (exact) mass is 286 g/mol. The van der Waals surface area contributed by atoms with E-state index >= 15 is 0 Å². The van der Waals surface area contributed by atoms with Crippen LogP contribution < -0.4 is 0 Å². The molecule has 0 saturated heterocycles. The molecular weight excluding hydrogens is 272 g/mol. The smallest absolute Gasteiger partial charge is 0.0283 e. The molecule has 0 N–H and O–H groups in total. The molecule has 0 amide bonds. The summed E-state index contributed by atoms with van der Waals surface area (Å²) in [6.07, 6.45) is 6.44. The van der Waals surface area contributed by atoms with E-state index in [0.717, 1.165) is 16.8 Å². The van der Waals surface area contributed by atoms with Crippen LogP contribution in [0.25, 0.3) is 0 Å². The lowest BCUT2D eigenvalue weighted by atomic mass is 9.82. The fourth-order valence-corrected chi connectivity index (χ4v) is 3.14. The number of rotatable bonds is 3. The van der Waals surface area contributed by atoms with Gasteiger partial charge in [-0.15, -0.1) is 11.6 Å². The Labute approximate surface area is 105 Å². The van der Waals surface area contributed by atoms with E-state index in [2.05, 4.69) is 40.2 Å². The first kappa shape index (κ1) is 11.5. The predicted molar refractivity (Wildman–Crippen MR) is 69.5 cm³/mol. The van der Waals surface area contributed by atoms with Crippen molar-refractivity contribution in [1.29, 1.82) is 0 Å². The van der Waals surface area contributed by atoms with Gasteiger partial charge >= 0.3 is 0 Å². The van der Waals surface area contributed by atoms with Crippen LogP contribution in [0, 0.1) is 5.41 Å². The molecular formula is C13H16BrCl. The van der Waals surface area contributed by atoms with Crippen LogP contribution in [-0.4, -0.2) is 5.88 Å². The third-order valence-corrected chi connectivity index (χ3v) is 4.54. The zero-order valence-electron chi connectivity index (χ0n) is 8.81. The molecule has 2 rings (SSSR count). The van der Waals surface area contributed by atoms with E-state index in [9.17, 15) is 0 Å². The topological polar surface area (TPSA) is 0 Å². The van der Waals surface area contributed by atoms with E-state index in [1.165, 1.54) is 31.2 Å². The third kappa shape index (κ3) is 2.76. The minimum absolute atomic E-state index is 0.384. The summed E-state index contributed by atoms with van der Waals surface area (Å²) in [6.45, 7) is 0. The minimum atomic E-state index is 0.384. The molecule has 82 valence electrons. The molecule has 0 spiro atoms. The molecule has 0 radical (unpaired) electrons. The molecule has 1 aliphatic carbocycles. The van der Waals surface area contributed by atoms with Crippen LogP contribution in [0.4, 0.5) is 0 Å². The van der Waals surface area contributed by atoms with Gasteiger partial charge in [0.2, 0.25) is 0 Å². The van der Waals surface area contributed by atoms with Gasteiger partial charge in [-0.1, -0.05) is 40.9 Å². The number of halogens is 2. The van der Waals surface area contributed by atoms with Gasteiger partial charge in [-0.3, -0.25) is 0 Å². The number of hydrogen-bond donors (Lipinski definition) is 0. The van der Waals surface area contributed by atoms with Crippen LogP contribution in [0.1, 0.15) is 31.2 Å². The first-order valence-corrected chi connectivity index (χ1v) is 6.87. The van der Waals surface area contributed by atoms with Crippen LogP contribution in [-0.2, 0) is 6.42 Å². The maximum atomic E-state index is 6.14. The molecule has 1 saturated carbocycles. The fourth-order valence-electron chi connectivity index (χ4n) is 2.52. The highest BCUT2D eigenvalue weighted by molar-refractivity contribution is 9.10. The molecule has 0 atom stereocenters. The Morgan fingerprint density at radius 2 is 1.73 bits per heavy atom. The van der Waals surface area contributed by atoms with Crippen LogP contribution >= 0.6 is 27.5 Å². The van der Waals surface area contributed by atoms with Gasteiger partial charge in [0.15, 0.2) is 0 Å². The van der Waals surface area contributed by atoms with Crippen molar-refractivity contribution >= 4 is 27.5 Å². The predicted octanol–water partition coefficient (Wildman–Crippen LogP) is 4.79. The molecule has 1 fully saturated rings. The summed E-state index contributed by atoms with van der Waals surface area (Å²) < 4.78 is 1.15. The quantitative estimate of drug-likeness (QED) is 0.701. The molecule has 0 nitrogen and oxygen atoms in total. The molecule has 0 bridgehead atoms. The fraction of sp³-hybridized carbons (Fsp3) is 0.538. The largest absolute Gasteiger partial charge is 0.126 e. The molecule has 0 heterocycles. The Morgan fingerprint density at radius 1 is 1.13 bits per heavy atom. The Balaban J connectivity index is 2.09. The lowest BCUT2D eigenvalue weighted by molar-refractivity contribution is 0.341. The SMILES string of the molecule is ClCC1(Cc2ccc(Br)cc2)CCCC1. The summed E-state index contributed by atoms with van der Waals surface area (Å²) >= 11 is 9.60. The summed E-state index contributed by atoms with van der Waals surface area (Å²) in [4.78, 5) is 0. The van der Waals surface area contributed by atoms with Crippen molar-refractivity contribution in [3.63, 3.8) is 0 Å². The molecule has 15 heavy (non-hydrogen) atoms. The molecule has 0 aromatic heterocycles. The summed E-state index contributed by atoms with van der Waals surface area (Å²) in [7, 11) is 0. The van der Waals surface area contributed by atoms with E-state index in [0.29, 0.717) is 5.41 Å². The highest BCUT2D eigenvalue weighted by atomic mass is 79.9. The lowest BCUT2D eigenvalue weighted by Gasteiger charge is -2.26. The molecule has 1 aromatic rings. The van der Waals surface area contributed by atoms with Crippen molar-refractivity contribution in [1.82, 2.24) is 0 Å². The van der Waals surface area contributed by atoms with E-state index in [1.807, 2.05) is 0 Å². The zero-order valence-corrected chi connectivity index (χ0v) is 11.1. The van der Waals surface area contributed by atoms with Crippen LogP contribution in [0.15, 0.2) is 28.7 Å². The maximum Gasteiger partial charge on any atom is 0.0283 e. The van der Waals surface area contributed by atoms with Crippen molar-refractivity contribution in [2.75, 3.05) is 5.88 Å². The first-order chi connectivity index (χ1) is 7.24. The highest BCUT2D eigenvalue weighted by Crippen LogP contribution is 2.41. The van der Waals surface area contributed by atoms with Gasteiger partial charge in [0.05, 0.1) is 0 Å². The Kier molecular flexibility index (Phi) is 3.73. The van der Waals surface area contributed by atoms with Gasteiger partial charge in [0.25, 0.3) is 0 Å². The number of alkyl halides is 1. The van der Waals surface area contributed by atoms with E-state index in [-0.39, 0.29) is 0 Å². The Morgan fingerprint density at radius 3 is 2.27 bits per heavy atom. The summed E-state index contributed by atoms with van der Waals surface area (Å²) in [6, 6.07) is 8.64. The molecule has 0 unspecified atom stereocenters. The number of benzene rings is 1. The van der Waals surface area contributed by atoms with Gasteiger partial charge in [0, 0.05) is 10.4 Å². The van der Waals surface area contributed by atoms with E-state index in [1.54, 1.807) is 0 Å². The second-order valence-corrected chi connectivity index (χ2v) is 5.83. The standard InChI is InChI=1S/C13H16BrCl/c14-12-5-3-11(4-6-12)9-13(10-15)7-1-2-8-13/h3-6H,1-2,7-10H2. The van der Waals surface area contributed by atoms with Gasteiger partial charge in [-0.25, -0.2) is 0 Å². The first-order valence-electron chi connectivity index (χ1n) is 5.55. The summed E-state index contributed by atoms with van der Waals surface area (Å²) in [5, 5.41) is 0. The summed E-state index contributed by atoms with van der Waals surface area (Å²) in [5.74, 6) is 0.809. The van der Waals surface area contributed by atoms with Crippen LogP contribution in [0.2, 0.25) is 0 Å². The Bertz CT molecular complexity index is 312. The minimum Gasteiger partial charge on any atom is -0.126 e. The maximum absolute atomic E-state index is 6.14. The van der Waals surface area contributed by atoms with Crippen molar-refractivity contribution in [3.8, 4) is 0 Å². The average molecular weight is 288 g/mol. The average Bonchev–Trinajstić information content (AvgIpc) is 2.71. The van der Waals surface area contributed by atoms with Crippen molar-refractivity contribution in [3.05, 3.63) is 34.3 Å². The second-order valence-electron chi connectivity index (χ2n) is 4.64. The van der Waals surface area contributed by atoms with Crippen molar-refractivity contribution in [2.45, 2.75) is 32.1 Å². The molecule has 2 heteroatoms. The third-order valence-electron chi connectivity index (χ3n) is 3.44.